The first kappa shape index (κ1) is 34.0. The Morgan fingerprint density at radius 1 is 0.310 bits per heavy atom. The van der Waals surface area contributed by atoms with Gasteiger partial charge in [-0.25, -0.2) is 9.13 Å². The first-order chi connectivity index (χ1) is 20.8. The molecule has 0 aliphatic heterocycles. The molecular weight excluding hydrogens is 508 g/mol. The molecule has 0 saturated heterocycles. The summed E-state index contributed by atoms with van der Waals surface area (Å²) in [4.78, 5) is 0. The number of nitrogens with zero attached hydrogens (tertiary/aromatic N) is 2. The molecule has 3 aromatic rings. The van der Waals surface area contributed by atoms with Crippen molar-refractivity contribution < 1.29 is 9.13 Å². The molecule has 230 valence electrons. The number of hydrogen-bond donors (Lipinski definition) is 0. The summed E-state index contributed by atoms with van der Waals surface area (Å²) >= 11 is 0. The lowest BCUT2D eigenvalue weighted by atomic mass is 10.0. The van der Waals surface area contributed by atoms with Crippen LogP contribution >= 0.6 is 0 Å². The van der Waals surface area contributed by atoms with Gasteiger partial charge in [-0.2, -0.15) is 0 Å². The van der Waals surface area contributed by atoms with Gasteiger partial charge < -0.3 is 0 Å². The van der Waals surface area contributed by atoms with E-state index in [2.05, 4.69) is 96.3 Å². The quantitative estimate of drug-likeness (QED) is 0.0747. The monoisotopic (exact) mass is 570 g/mol. The Hall–Kier alpha value is -2.48. The maximum Gasteiger partial charge on any atom is 0.169 e. The Bertz CT molecular complexity index is 950. The van der Waals surface area contributed by atoms with Crippen molar-refractivity contribution in [2.24, 2.45) is 0 Å². The van der Waals surface area contributed by atoms with Crippen LogP contribution in [0.15, 0.2) is 73.3 Å². The average Bonchev–Trinajstić information content (AvgIpc) is 3.03. The average molecular weight is 571 g/mol. The molecule has 2 aromatic heterocycles. The highest BCUT2D eigenvalue weighted by Crippen LogP contribution is 2.24. The molecule has 0 fully saturated rings. The van der Waals surface area contributed by atoms with Crippen LogP contribution in [0.4, 0.5) is 0 Å². The molecule has 0 N–H and O–H groups in total. The fourth-order valence-electron chi connectivity index (χ4n) is 6.02. The molecule has 0 atom stereocenters. The van der Waals surface area contributed by atoms with Crippen molar-refractivity contribution in [2.45, 2.75) is 155 Å². The summed E-state index contributed by atoms with van der Waals surface area (Å²) in [6.07, 6.45) is 36.8. The van der Waals surface area contributed by atoms with Gasteiger partial charge in [0, 0.05) is 37.1 Å². The van der Waals surface area contributed by atoms with Gasteiger partial charge in [-0.05, 0) is 35.1 Å². The summed E-state index contributed by atoms with van der Waals surface area (Å²) in [6, 6.07) is 18.1. The number of aryl methyl sites for hydroxylation is 2. The van der Waals surface area contributed by atoms with E-state index < -0.39 is 0 Å². The van der Waals surface area contributed by atoms with E-state index >= 15 is 0 Å². The number of unbranched alkanes of at least 4 members (excludes halogenated alkanes) is 18. The largest absolute Gasteiger partial charge is 0.205 e. The van der Waals surface area contributed by atoms with Crippen LogP contribution in [0.1, 0.15) is 142 Å². The van der Waals surface area contributed by atoms with Crippen LogP contribution in [-0.2, 0) is 13.1 Å². The fourth-order valence-corrected chi connectivity index (χ4v) is 6.02. The molecule has 3 rings (SSSR count). The van der Waals surface area contributed by atoms with Gasteiger partial charge in [-0.15, -0.1) is 0 Å². The lowest BCUT2D eigenvalue weighted by Crippen LogP contribution is -2.32. The van der Waals surface area contributed by atoms with Crippen LogP contribution in [0.5, 0.6) is 0 Å². The summed E-state index contributed by atoms with van der Waals surface area (Å²) in [5, 5.41) is 0. The summed E-state index contributed by atoms with van der Waals surface area (Å²) in [7, 11) is 0. The smallest absolute Gasteiger partial charge is 0.169 e. The molecule has 0 aliphatic rings. The van der Waals surface area contributed by atoms with Crippen molar-refractivity contribution in [1.82, 2.24) is 0 Å². The van der Waals surface area contributed by atoms with Gasteiger partial charge in [0.25, 0.3) is 0 Å². The van der Waals surface area contributed by atoms with E-state index in [-0.39, 0.29) is 0 Å². The lowest BCUT2D eigenvalue weighted by molar-refractivity contribution is -0.697. The topological polar surface area (TPSA) is 7.76 Å². The van der Waals surface area contributed by atoms with Gasteiger partial charge in [0.15, 0.2) is 24.8 Å². The Labute approximate surface area is 259 Å². The van der Waals surface area contributed by atoms with Gasteiger partial charge in [-0.1, -0.05) is 141 Å². The van der Waals surface area contributed by atoms with E-state index in [1.54, 1.807) is 0 Å². The van der Waals surface area contributed by atoms with Crippen LogP contribution < -0.4 is 9.13 Å². The van der Waals surface area contributed by atoms with Crippen molar-refractivity contribution >= 4 is 0 Å². The van der Waals surface area contributed by atoms with Gasteiger partial charge >= 0.3 is 0 Å². The number of aromatic nitrogens is 2. The molecular formula is C40H62N2+2. The highest BCUT2D eigenvalue weighted by molar-refractivity contribution is 5.69. The molecule has 1 aromatic carbocycles. The zero-order valence-corrected chi connectivity index (χ0v) is 27.4. The molecule has 0 bridgehead atoms. The normalized spacial score (nSPS) is 11.3. The summed E-state index contributed by atoms with van der Waals surface area (Å²) in [6.45, 7) is 6.84. The molecule has 0 spiro atoms. The molecule has 0 saturated carbocycles. The Morgan fingerprint density at radius 3 is 0.833 bits per heavy atom. The first-order valence-electron chi connectivity index (χ1n) is 17.9. The minimum Gasteiger partial charge on any atom is -0.205 e. The van der Waals surface area contributed by atoms with Gasteiger partial charge in [0.05, 0.1) is 0 Å². The SMILES string of the molecule is CCCCCCCCCCCC[n+]1ccc(-c2ccc(-c3cc[n+](CCCCCCCCCCCC)cc3)cc2)cc1. The predicted octanol–water partition coefficient (Wildman–Crippen LogP) is 11.4. The maximum absolute atomic E-state index is 2.34. The summed E-state index contributed by atoms with van der Waals surface area (Å²) in [5.74, 6) is 0. The summed E-state index contributed by atoms with van der Waals surface area (Å²) < 4.78 is 4.69. The number of hydrogen-bond acceptors (Lipinski definition) is 0. The van der Waals surface area contributed by atoms with E-state index in [1.807, 2.05) is 0 Å². The van der Waals surface area contributed by atoms with E-state index in [0.29, 0.717) is 0 Å². The predicted molar refractivity (Wildman–Crippen MR) is 181 cm³/mol. The molecule has 2 heteroatoms. The number of rotatable bonds is 24. The molecule has 0 aliphatic carbocycles. The zero-order chi connectivity index (χ0) is 29.5. The minimum absolute atomic E-state index is 1.13. The highest BCUT2D eigenvalue weighted by atomic mass is 14.9. The fraction of sp³-hybridized carbons (Fsp3) is 0.600. The van der Waals surface area contributed by atoms with Crippen molar-refractivity contribution in [3.63, 3.8) is 0 Å². The Balaban J connectivity index is 1.30. The van der Waals surface area contributed by atoms with Crippen molar-refractivity contribution in [2.75, 3.05) is 0 Å². The molecule has 0 unspecified atom stereocenters. The van der Waals surface area contributed by atoms with Crippen molar-refractivity contribution in [1.29, 1.82) is 0 Å². The van der Waals surface area contributed by atoms with Gasteiger partial charge in [0.2, 0.25) is 0 Å². The highest BCUT2D eigenvalue weighted by Gasteiger charge is 2.06. The van der Waals surface area contributed by atoms with Crippen molar-refractivity contribution in [3.05, 3.63) is 73.3 Å². The lowest BCUT2D eigenvalue weighted by Gasteiger charge is -2.05. The molecule has 2 heterocycles. The second-order valence-corrected chi connectivity index (χ2v) is 12.6. The second kappa shape index (κ2) is 22.1. The third-order valence-corrected chi connectivity index (χ3v) is 8.87. The minimum atomic E-state index is 1.13. The third kappa shape index (κ3) is 14.1. The van der Waals surface area contributed by atoms with Gasteiger partial charge in [0.1, 0.15) is 13.1 Å². The van der Waals surface area contributed by atoms with Crippen LogP contribution in [0, 0.1) is 0 Å². The van der Waals surface area contributed by atoms with E-state index in [1.165, 1.54) is 151 Å². The molecule has 0 radical (unpaired) electrons. The Morgan fingerprint density at radius 2 is 0.548 bits per heavy atom. The molecule has 0 amide bonds. The number of pyridine rings is 2. The number of benzene rings is 1. The van der Waals surface area contributed by atoms with E-state index in [9.17, 15) is 0 Å². The maximum atomic E-state index is 2.34. The van der Waals surface area contributed by atoms with E-state index in [0.717, 1.165) is 13.1 Å². The van der Waals surface area contributed by atoms with Crippen LogP contribution in [0.3, 0.4) is 0 Å². The third-order valence-electron chi connectivity index (χ3n) is 8.87. The second-order valence-electron chi connectivity index (χ2n) is 12.6. The van der Waals surface area contributed by atoms with Crippen LogP contribution in [-0.4, -0.2) is 0 Å². The van der Waals surface area contributed by atoms with Crippen molar-refractivity contribution in [3.8, 4) is 22.3 Å². The van der Waals surface area contributed by atoms with Gasteiger partial charge in [-0.3, -0.25) is 0 Å². The standard InChI is InChI=1S/C40H62N2/c1-3-5-7-9-11-13-15-17-19-21-31-41-33-27-39(28-34-41)37-23-25-38(26-24-37)40-29-35-42(36-30-40)32-22-20-18-16-14-12-10-8-6-4-2/h23-30,33-36H,3-22,31-32H2,1-2H3/q+2. The van der Waals surface area contributed by atoms with Crippen LogP contribution in [0.2, 0.25) is 0 Å². The first-order valence-corrected chi connectivity index (χ1v) is 17.9. The molecule has 2 nitrogen and oxygen atoms in total. The zero-order valence-electron chi connectivity index (χ0n) is 27.4. The summed E-state index contributed by atoms with van der Waals surface area (Å²) in [5.41, 5.74) is 5.17. The molecule has 42 heavy (non-hydrogen) atoms. The Kier molecular flexibility index (Phi) is 17.9. The van der Waals surface area contributed by atoms with E-state index in [4.69, 9.17) is 0 Å². The van der Waals surface area contributed by atoms with Crippen LogP contribution in [0.25, 0.3) is 22.3 Å².